The van der Waals surface area contributed by atoms with Crippen molar-refractivity contribution in [3.63, 3.8) is 0 Å². The monoisotopic (exact) mass is 527 g/mol. The predicted octanol–water partition coefficient (Wildman–Crippen LogP) is 4.18. The molecule has 39 heavy (non-hydrogen) atoms. The number of piperazine rings is 1. The van der Waals surface area contributed by atoms with E-state index in [2.05, 4.69) is 34.7 Å². The molecule has 1 aliphatic carbocycles. The van der Waals surface area contributed by atoms with Gasteiger partial charge in [0, 0.05) is 55.4 Å². The number of ether oxygens (including phenoxy) is 1. The van der Waals surface area contributed by atoms with Crippen LogP contribution in [0.3, 0.4) is 0 Å². The average molecular weight is 528 g/mol. The van der Waals surface area contributed by atoms with Crippen LogP contribution in [0.4, 0.5) is 0 Å². The van der Waals surface area contributed by atoms with Gasteiger partial charge >= 0.3 is 0 Å². The van der Waals surface area contributed by atoms with Gasteiger partial charge in [-0.1, -0.05) is 61.4 Å². The second kappa shape index (κ2) is 11.0. The quantitative estimate of drug-likeness (QED) is 0.335. The molecule has 1 saturated carbocycles. The number of nitrogens with zero attached hydrogens (tertiary/aromatic N) is 3. The zero-order valence-electron chi connectivity index (χ0n) is 22.5. The maximum Gasteiger partial charge on any atom is 0.275 e. The molecule has 6 rings (SSSR count). The number of carbonyl (C=O) groups is 1. The largest absolute Gasteiger partial charge is 0.385 e. The lowest BCUT2D eigenvalue weighted by Crippen LogP contribution is -2.54. The molecule has 4 aromatic rings. The van der Waals surface area contributed by atoms with Crippen LogP contribution in [0.5, 0.6) is 0 Å². The summed E-state index contributed by atoms with van der Waals surface area (Å²) in [5, 5.41) is 16.3. The van der Waals surface area contributed by atoms with Crippen molar-refractivity contribution in [2.45, 2.75) is 49.8 Å². The minimum Gasteiger partial charge on any atom is -0.385 e. The first-order valence-corrected chi connectivity index (χ1v) is 14.0. The molecule has 3 N–H and O–H groups in total. The number of imidazole rings is 1. The van der Waals surface area contributed by atoms with Crippen LogP contribution in [0.25, 0.3) is 22.2 Å². The lowest BCUT2D eigenvalue weighted by atomic mass is 9.80. The SMILES string of the molecule is COC[C@]1(O)CCCC[C@H]1n1cnc(C(=O)N2CCNC[C@H]2Cc2c[nH]c3ccccc23)c1-c1ccccc1. The van der Waals surface area contributed by atoms with Crippen LogP contribution in [0.1, 0.15) is 47.8 Å². The summed E-state index contributed by atoms with van der Waals surface area (Å²) in [4.78, 5) is 24.4. The zero-order valence-corrected chi connectivity index (χ0v) is 22.5. The van der Waals surface area contributed by atoms with Gasteiger partial charge in [0.1, 0.15) is 5.60 Å². The summed E-state index contributed by atoms with van der Waals surface area (Å²) in [7, 11) is 1.63. The number of aromatic amines is 1. The molecular weight excluding hydrogens is 490 g/mol. The molecule has 8 nitrogen and oxygen atoms in total. The van der Waals surface area contributed by atoms with E-state index in [-0.39, 0.29) is 24.6 Å². The topological polar surface area (TPSA) is 95.4 Å². The second-order valence-corrected chi connectivity index (χ2v) is 10.9. The fourth-order valence-corrected chi connectivity index (χ4v) is 6.56. The van der Waals surface area contributed by atoms with Gasteiger partial charge in [-0.2, -0.15) is 0 Å². The van der Waals surface area contributed by atoms with Gasteiger partial charge in [-0.3, -0.25) is 4.79 Å². The van der Waals surface area contributed by atoms with Gasteiger partial charge in [0.05, 0.1) is 24.7 Å². The molecule has 0 spiro atoms. The van der Waals surface area contributed by atoms with E-state index >= 15 is 0 Å². The zero-order chi connectivity index (χ0) is 26.8. The number of fused-ring (bicyclic) bond motifs is 1. The molecule has 204 valence electrons. The Hall–Kier alpha value is -3.46. The summed E-state index contributed by atoms with van der Waals surface area (Å²) in [6.07, 6.45) is 7.99. The van der Waals surface area contributed by atoms with Crippen molar-refractivity contribution in [2.75, 3.05) is 33.4 Å². The molecule has 2 fully saturated rings. The Bertz CT molecular complexity index is 1430. The lowest BCUT2D eigenvalue weighted by molar-refractivity contribution is -0.0893. The Labute approximate surface area is 229 Å². The summed E-state index contributed by atoms with van der Waals surface area (Å²) >= 11 is 0. The highest BCUT2D eigenvalue weighted by atomic mass is 16.5. The number of para-hydroxylation sites is 1. The Morgan fingerprint density at radius 3 is 2.82 bits per heavy atom. The summed E-state index contributed by atoms with van der Waals surface area (Å²) in [5.41, 5.74) is 3.44. The molecule has 1 amide bonds. The Morgan fingerprint density at radius 1 is 1.15 bits per heavy atom. The molecule has 0 bridgehead atoms. The van der Waals surface area contributed by atoms with Crippen molar-refractivity contribution in [3.8, 4) is 11.3 Å². The molecule has 0 unspecified atom stereocenters. The van der Waals surface area contributed by atoms with Crippen LogP contribution in [0, 0.1) is 0 Å². The van der Waals surface area contributed by atoms with Crippen molar-refractivity contribution in [1.29, 1.82) is 0 Å². The Balaban J connectivity index is 1.37. The third-order valence-electron chi connectivity index (χ3n) is 8.47. The normalized spacial score (nSPS) is 23.8. The summed E-state index contributed by atoms with van der Waals surface area (Å²) in [6.45, 7) is 2.33. The van der Waals surface area contributed by atoms with Crippen LogP contribution in [0.15, 0.2) is 67.1 Å². The highest BCUT2D eigenvalue weighted by Gasteiger charge is 2.42. The van der Waals surface area contributed by atoms with E-state index in [0.717, 1.165) is 55.5 Å². The Morgan fingerprint density at radius 2 is 1.97 bits per heavy atom. The van der Waals surface area contributed by atoms with E-state index < -0.39 is 5.60 Å². The van der Waals surface area contributed by atoms with Gasteiger partial charge in [0.25, 0.3) is 5.91 Å². The molecule has 2 aromatic heterocycles. The summed E-state index contributed by atoms with van der Waals surface area (Å²) in [5.74, 6) is -0.0648. The third kappa shape index (κ3) is 4.88. The highest BCUT2D eigenvalue weighted by Crippen LogP contribution is 2.41. The molecule has 0 radical (unpaired) electrons. The average Bonchev–Trinajstić information content (AvgIpc) is 3.58. The lowest BCUT2D eigenvalue weighted by Gasteiger charge is -2.41. The molecular formula is C31H37N5O3. The first kappa shape index (κ1) is 25.8. The minimum atomic E-state index is -1.01. The fraction of sp³-hybridized carbons (Fsp3) is 0.419. The number of amides is 1. The van der Waals surface area contributed by atoms with E-state index in [1.807, 2.05) is 45.9 Å². The molecule has 1 saturated heterocycles. The van der Waals surface area contributed by atoms with Crippen molar-refractivity contribution >= 4 is 16.8 Å². The van der Waals surface area contributed by atoms with Crippen LogP contribution in [-0.2, 0) is 11.2 Å². The first-order chi connectivity index (χ1) is 19.1. The fourth-order valence-electron chi connectivity index (χ4n) is 6.56. The maximum absolute atomic E-state index is 14.3. The van der Waals surface area contributed by atoms with E-state index in [0.29, 0.717) is 18.7 Å². The van der Waals surface area contributed by atoms with E-state index in [1.165, 1.54) is 10.9 Å². The molecule has 3 heterocycles. The van der Waals surface area contributed by atoms with Crippen molar-refractivity contribution in [1.82, 2.24) is 24.8 Å². The maximum atomic E-state index is 14.3. The number of hydrogen-bond acceptors (Lipinski definition) is 5. The number of benzene rings is 2. The van der Waals surface area contributed by atoms with Crippen LogP contribution < -0.4 is 5.32 Å². The van der Waals surface area contributed by atoms with E-state index in [1.54, 1.807) is 13.4 Å². The smallest absolute Gasteiger partial charge is 0.275 e. The highest BCUT2D eigenvalue weighted by molar-refractivity contribution is 5.98. The van der Waals surface area contributed by atoms with Crippen LogP contribution >= 0.6 is 0 Å². The molecule has 3 atom stereocenters. The molecule has 2 aliphatic rings. The van der Waals surface area contributed by atoms with Crippen molar-refractivity contribution < 1.29 is 14.6 Å². The van der Waals surface area contributed by atoms with Gasteiger partial charge in [0.2, 0.25) is 0 Å². The number of aliphatic hydroxyl groups is 1. The van der Waals surface area contributed by atoms with Gasteiger partial charge in [-0.05, 0) is 30.9 Å². The molecule has 2 aromatic carbocycles. The van der Waals surface area contributed by atoms with Crippen LogP contribution in [0.2, 0.25) is 0 Å². The van der Waals surface area contributed by atoms with E-state index in [9.17, 15) is 9.90 Å². The number of aromatic nitrogens is 3. The number of nitrogens with one attached hydrogen (secondary N) is 2. The standard InChI is InChI=1S/C31H37N5O3/c1-39-20-31(38)14-8-7-13-27(31)36-21-34-28(29(36)22-9-3-2-4-10-22)30(37)35-16-15-32-19-24(35)17-23-18-33-26-12-6-5-11-25(23)26/h2-6,9-12,18,21,24,27,32-33,38H,7-8,13-17,19-20H2,1H3/t24-,27-,31-/m1/s1. The number of methoxy groups -OCH3 is 1. The first-order valence-electron chi connectivity index (χ1n) is 14.0. The van der Waals surface area contributed by atoms with Crippen molar-refractivity contribution in [3.05, 3.63) is 78.4 Å². The van der Waals surface area contributed by atoms with Gasteiger partial charge in [-0.15, -0.1) is 0 Å². The van der Waals surface area contributed by atoms with Gasteiger partial charge in [-0.25, -0.2) is 4.98 Å². The van der Waals surface area contributed by atoms with Crippen molar-refractivity contribution in [2.24, 2.45) is 0 Å². The summed E-state index contributed by atoms with van der Waals surface area (Å²) in [6, 6.07) is 18.0. The summed E-state index contributed by atoms with van der Waals surface area (Å²) < 4.78 is 7.50. The predicted molar refractivity (Wildman–Crippen MR) is 152 cm³/mol. The molecule has 8 heteroatoms. The van der Waals surface area contributed by atoms with Gasteiger partial charge in [0.15, 0.2) is 5.69 Å². The number of H-pyrrole nitrogens is 1. The van der Waals surface area contributed by atoms with Gasteiger partial charge < -0.3 is 29.6 Å². The van der Waals surface area contributed by atoms with Crippen LogP contribution in [-0.4, -0.2) is 75.4 Å². The minimum absolute atomic E-state index is 0.000617. The number of carbonyl (C=O) groups excluding carboxylic acids is 1. The van der Waals surface area contributed by atoms with E-state index in [4.69, 9.17) is 9.72 Å². The third-order valence-corrected chi connectivity index (χ3v) is 8.47. The second-order valence-electron chi connectivity index (χ2n) is 10.9. The number of rotatable bonds is 7. The number of hydrogen-bond donors (Lipinski definition) is 3. The Kier molecular flexibility index (Phi) is 7.25. The molecule has 1 aliphatic heterocycles.